The van der Waals surface area contributed by atoms with Crippen molar-refractivity contribution in [1.29, 1.82) is 0 Å². The summed E-state index contributed by atoms with van der Waals surface area (Å²) in [5, 5.41) is 4.41. The maximum atomic E-state index is 5.93. The van der Waals surface area contributed by atoms with E-state index in [0.29, 0.717) is 6.04 Å². The van der Waals surface area contributed by atoms with Crippen LogP contribution >= 0.6 is 11.6 Å². The molecule has 0 amide bonds. The van der Waals surface area contributed by atoms with Crippen molar-refractivity contribution in [3.63, 3.8) is 0 Å². The van der Waals surface area contributed by atoms with Gasteiger partial charge in [-0.2, -0.15) is 0 Å². The summed E-state index contributed by atoms with van der Waals surface area (Å²) in [7, 11) is 0. The van der Waals surface area contributed by atoms with Crippen LogP contribution in [0, 0.1) is 0 Å². The highest BCUT2D eigenvalue weighted by Crippen LogP contribution is 2.19. The van der Waals surface area contributed by atoms with Gasteiger partial charge < -0.3 is 9.88 Å². The van der Waals surface area contributed by atoms with Gasteiger partial charge in [-0.1, -0.05) is 30.7 Å². The molecule has 1 aromatic carbocycles. The summed E-state index contributed by atoms with van der Waals surface area (Å²) in [6.45, 7) is 6.27. The molecule has 0 fully saturated rings. The van der Waals surface area contributed by atoms with Gasteiger partial charge in [0.15, 0.2) is 0 Å². The molecular formula is C16H21ClN2. The molecule has 1 N–H and O–H groups in total. The predicted molar refractivity (Wildman–Crippen MR) is 81.4 cm³/mol. The molecule has 102 valence electrons. The first-order valence-corrected chi connectivity index (χ1v) is 7.25. The summed E-state index contributed by atoms with van der Waals surface area (Å²) in [5.74, 6) is 0. The first-order valence-electron chi connectivity index (χ1n) is 6.87. The zero-order valence-electron chi connectivity index (χ0n) is 11.6. The van der Waals surface area contributed by atoms with Crippen molar-refractivity contribution < 1.29 is 0 Å². The topological polar surface area (TPSA) is 17.0 Å². The molecule has 2 aromatic rings. The van der Waals surface area contributed by atoms with E-state index < -0.39 is 0 Å². The van der Waals surface area contributed by atoms with Gasteiger partial charge in [-0.3, -0.25) is 0 Å². The molecule has 1 heterocycles. The van der Waals surface area contributed by atoms with E-state index in [1.54, 1.807) is 0 Å². The van der Waals surface area contributed by atoms with Crippen LogP contribution in [0.2, 0.25) is 5.02 Å². The van der Waals surface area contributed by atoms with Crippen molar-refractivity contribution in [2.24, 2.45) is 0 Å². The maximum absolute atomic E-state index is 5.93. The third kappa shape index (κ3) is 3.62. The van der Waals surface area contributed by atoms with Crippen molar-refractivity contribution in [2.75, 3.05) is 0 Å². The normalized spacial score (nSPS) is 12.6. The highest BCUT2D eigenvalue weighted by atomic mass is 35.5. The minimum Gasteiger partial charge on any atom is -0.351 e. The van der Waals surface area contributed by atoms with Crippen molar-refractivity contribution >= 4 is 11.6 Å². The maximum Gasteiger partial charge on any atom is 0.0406 e. The molecule has 0 aliphatic rings. The Hall–Kier alpha value is -1.25. The Bertz CT molecular complexity index is 502. The monoisotopic (exact) mass is 276 g/mol. The molecule has 0 radical (unpaired) electrons. The second kappa shape index (κ2) is 6.78. The van der Waals surface area contributed by atoms with Crippen LogP contribution in [0.15, 0.2) is 42.6 Å². The molecular weight excluding hydrogens is 256 g/mol. The highest BCUT2D eigenvalue weighted by molar-refractivity contribution is 6.30. The largest absolute Gasteiger partial charge is 0.351 e. The van der Waals surface area contributed by atoms with Gasteiger partial charge in [-0.15, -0.1) is 0 Å². The summed E-state index contributed by atoms with van der Waals surface area (Å²) in [6, 6.07) is 12.8. The number of hydrogen-bond acceptors (Lipinski definition) is 1. The standard InChI is InChI=1S/C16H21ClN2/c1-3-16(13-7-9-14(17)10-8-13)18-12-15-6-5-11-19(15)4-2/h5-11,16,18H,3-4,12H2,1-2H3. The Labute approximate surface area is 120 Å². The molecule has 0 aliphatic heterocycles. The van der Waals surface area contributed by atoms with Crippen LogP contribution in [-0.2, 0) is 13.1 Å². The van der Waals surface area contributed by atoms with E-state index in [4.69, 9.17) is 11.6 Å². The third-order valence-electron chi connectivity index (χ3n) is 3.47. The Balaban J connectivity index is 2.01. The van der Waals surface area contributed by atoms with E-state index in [2.05, 4.69) is 54.2 Å². The first-order chi connectivity index (χ1) is 9.24. The highest BCUT2D eigenvalue weighted by Gasteiger charge is 2.09. The van der Waals surface area contributed by atoms with E-state index in [9.17, 15) is 0 Å². The van der Waals surface area contributed by atoms with Crippen LogP contribution in [0.3, 0.4) is 0 Å². The smallest absolute Gasteiger partial charge is 0.0406 e. The number of hydrogen-bond donors (Lipinski definition) is 1. The van der Waals surface area contributed by atoms with Gasteiger partial charge >= 0.3 is 0 Å². The number of nitrogens with zero attached hydrogens (tertiary/aromatic N) is 1. The lowest BCUT2D eigenvalue weighted by Gasteiger charge is -2.18. The van der Waals surface area contributed by atoms with E-state index in [1.807, 2.05) is 12.1 Å². The molecule has 1 atom stereocenters. The fraction of sp³-hybridized carbons (Fsp3) is 0.375. The van der Waals surface area contributed by atoms with Gasteiger partial charge in [0.1, 0.15) is 0 Å². The summed E-state index contributed by atoms with van der Waals surface area (Å²) in [4.78, 5) is 0. The molecule has 0 bridgehead atoms. The zero-order valence-corrected chi connectivity index (χ0v) is 12.3. The number of halogens is 1. The second-order valence-electron chi connectivity index (χ2n) is 4.68. The molecule has 0 spiro atoms. The van der Waals surface area contributed by atoms with Crippen molar-refractivity contribution in [3.05, 3.63) is 58.9 Å². The second-order valence-corrected chi connectivity index (χ2v) is 5.12. The number of aryl methyl sites for hydroxylation is 1. The zero-order chi connectivity index (χ0) is 13.7. The molecule has 0 saturated carbocycles. The van der Waals surface area contributed by atoms with Crippen LogP contribution in [-0.4, -0.2) is 4.57 Å². The molecule has 2 rings (SSSR count). The molecule has 0 saturated heterocycles. The fourth-order valence-corrected chi connectivity index (χ4v) is 2.47. The predicted octanol–water partition coefficient (Wildman–Crippen LogP) is 4.40. The molecule has 2 nitrogen and oxygen atoms in total. The Morgan fingerprint density at radius 1 is 1.16 bits per heavy atom. The first kappa shape index (κ1) is 14.2. The van der Waals surface area contributed by atoms with Gasteiger partial charge in [0.2, 0.25) is 0 Å². The molecule has 1 aromatic heterocycles. The summed E-state index contributed by atoms with van der Waals surface area (Å²) >= 11 is 5.93. The number of benzene rings is 1. The van der Waals surface area contributed by atoms with E-state index in [1.165, 1.54) is 11.3 Å². The van der Waals surface area contributed by atoms with E-state index >= 15 is 0 Å². The van der Waals surface area contributed by atoms with Crippen molar-refractivity contribution in [1.82, 2.24) is 9.88 Å². The lowest BCUT2D eigenvalue weighted by Crippen LogP contribution is -2.21. The van der Waals surface area contributed by atoms with Crippen LogP contribution in [0.4, 0.5) is 0 Å². The average molecular weight is 277 g/mol. The SMILES string of the molecule is CCC(NCc1cccn1CC)c1ccc(Cl)cc1. The van der Waals surface area contributed by atoms with Gasteiger partial charge in [0.25, 0.3) is 0 Å². The quantitative estimate of drug-likeness (QED) is 0.827. The Morgan fingerprint density at radius 2 is 1.89 bits per heavy atom. The van der Waals surface area contributed by atoms with Gasteiger partial charge in [0, 0.05) is 36.0 Å². The molecule has 3 heteroatoms. The van der Waals surface area contributed by atoms with Crippen LogP contribution < -0.4 is 5.32 Å². The lowest BCUT2D eigenvalue weighted by atomic mass is 10.0. The number of aromatic nitrogens is 1. The average Bonchev–Trinajstić information content (AvgIpc) is 2.89. The van der Waals surface area contributed by atoms with E-state index in [-0.39, 0.29) is 0 Å². The summed E-state index contributed by atoms with van der Waals surface area (Å²) < 4.78 is 2.27. The van der Waals surface area contributed by atoms with E-state index in [0.717, 1.165) is 24.5 Å². The Morgan fingerprint density at radius 3 is 2.53 bits per heavy atom. The van der Waals surface area contributed by atoms with Crippen LogP contribution in [0.1, 0.15) is 37.6 Å². The molecule has 1 unspecified atom stereocenters. The summed E-state index contributed by atoms with van der Waals surface area (Å²) in [5.41, 5.74) is 2.62. The van der Waals surface area contributed by atoms with Gasteiger partial charge in [-0.25, -0.2) is 0 Å². The van der Waals surface area contributed by atoms with Crippen molar-refractivity contribution in [2.45, 2.75) is 39.4 Å². The van der Waals surface area contributed by atoms with Gasteiger partial charge in [-0.05, 0) is 43.2 Å². The fourth-order valence-electron chi connectivity index (χ4n) is 2.34. The van der Waals surface area contributed by atoms with Crippen molar-refractivity contribution in [3.8, 4) is 0 Å². The van der Waals surface area contributed by atoms with Crippen LogP contribution in [0.5, 0.6) is 0 Å². The Kier molecular flexibility index (Phi) is 5.06. The molecule has 0 aliphatic carbocycles. The number of rotatable bonds is 6. The lowest BCUT2D eigenvalue weighted by molar-refractivity contribution is 0.504. The van der Waals surface area contributed by atoms with Gasteiger partial charge in [0.05, 0.1) is 0 Å². The van der Waals surface area contributed by atoms with Crippen LogP contribution in [0.25, 0.3) is 0 Å². The minimum atomic E-state index is 0.373. The minimum absolute atomic E-state index is 0.373. The molecule has 19 heavy (non-hydrogen) atoms. The number of nitrogens with one attached hydrogen (secondary N) is 1. The third-order valence-corrected chi connectivity index (χ3v) is 3.73. The summed E-state index contributed by atoms with van der Waals surface area (Å²) in [6.07, 6.45) is 3.19.